The van der Waals surface area contributed by atoms with Crippen LogP contribution in [-0.4, -0.2) is 43.0 Å². The van der Waals surface area contributed by atoms with Crippen molar-refractivity contribution >= 4 is 11.9 Å². The van der Waals surface area contributed by atoms with E-state index in [0.717, 1.165) is 38.0 Å². The summed E-state index contributed by atoms with van der Waals surface area (Å²) in [6.45, 7) is 4.56. The summed E-state index contributed by atoms with van der Waals surface area (Å²) in [6, 6.07) is 18.1. The van der Waals surface area contributed by atoms with Crippen LogP contribution in [-0.2, 0) is 16.1 Å². The van der Waals surface area contributed by atoms with Crippen molar-refractivity contribution in [1.82, 2.24) is 10.2 Å². The normalized spacial score (nSPS) is 17.4. The second kappa shape index (κ2) is 10.2. The minimum atomic E-state index is -0.319. The first-order valence-corrected chi connectivity index (χ1v) is 10.3. The van der Waals surface area contributed by atoms with E-state index in [4.69, 9.17) is 4.74 Å². The van der Waals surface area contributed by atoms with Gasteiger partial charge in [-0.1, -0.05) is 49.4 Å². The topological polar surface area (TPSA) is 58.6 Å². The van der Waals surface area contributed by atoms with Crippen molar-refractivity contribution in [3.63, 3.8) is 0 Å². The van der Waals surface area contributed by atoms with Crippen molar-refractivity contribution in [2.24, 2.45) is 0 Å². The number of hydrogen-bond donors (Lipinski definition) is 1. The van der Waals surface area contributed by atoms with E-state index < -0.39 is 0 Å². The van der Waals surface area contributed by atoms with Crippen LogP contribution in [0.4, 0.5) is 0 Å². The van der Waals surface area contributed by atoms with Gasteiger partial charge in [-0.05, 0) is 48.6 Å². The van der Waals surface area contributed by atoms with Crippen LogP contribution in [0.3, 0.4) is 0 Å². The van der Waals surface area contributed by atoms with Gasteiger partial charge in [0.2, 0.25) is 5.91 Å². The van der Waals surface area contributed by atoms with Crippen LogP contribution in [0.1, 0.15) is 53.6 Å². The number of carbonyl (C=O) groups excluding carboxylic acids is 2. The Labute approximate surface area is 173 Å². The van der Waals surface area contributed by atoms with Crippen molar-refractivity contribution in [3.05, 3.63) is 71.3 Å². The number of hydrogen-bond acceptors (Lipinski definition) is 4. The summed E-state index contributed by atoms with van der Waals surface area (Å²) in [7, 11) is 1.38. The molecular weight excluding hydrogens is 364 g/mol. The molecule has 1 aliphatic heterocycles. The Bertz CT molecular complexity index is 805. The summed E-state index contributed by atoms with van der Waals surface area (Å²) in [6.07, 6.45) is 2.55. The molecule has 0 bridgehead atoms. The lowest BCUT2D eigenvalue weighted by Crippen LogP contribution is -2.37. The fourth-order valence-corrected chi connectivity index (χ4v) is 3.90. The van der Waals surface area contributed by atoms with Gasteiger partial charge in [0, 0.05) is 25.6 Å². The Morgan fingerprint density at radius 3 is 2.59 bits per heavy atom. The molecule has 2 unspecified atom stereocenters. The minimum absolute atomic E-state index is 0.274. The number of rotatable bonds is 9. The zero-order valence-electron chi connectivity index (χ0n) is 17.3. The highest BCUT2D eigenvalue weighted by Crippen LogP contribution is 2.25. The molecule has 1 amide bonds. The molecule has 5 heteroatoms. The van der Waals surface area contributed by atoms with Crippen molar-refractivity contribution in [2.45, 2.75) is 44.7 Å². The van der Waals surface area contributed by atoms with Gasteiger partial charge in [-0.25, -0.2) is 4.79 Å². The monoisotopic (exact) mass is 394 g/mol. The molecule has 0 saturated carbocycles. The van der Waals surface area contributed by atoms with Gasteiger partial charge in [0.1, 0.15) is 0 Å². The highest BCUT2D eigenvalue weighted by molar-refractivity contribution is 5.89. The fourth-order valence-electron chi connectivity index (χ4n) is 3.90. The number of methoxy groups -OCH3 is 1. The average molecular weight is 395 g/mol. The lowest BCUT2D eigenvalue weighted by atomic mass is 10.00. The Morgan fingerprint density at radius 1 is 1.17 bits per heavy atom. The van der Waals surface area contributed by atoms with Gasteiger partial charge < -0.3 is 15.0 Å². The molecule has 1 N–H and O–H groups in total. The van der Waals surface area contributed by atoms with E-state index in [-0.39, 0.29) is 11.9 Å². The van der Waals surface area contributed by atoms with Gasteiger partial charge in [-0.2, -0.15) is 0 Å². The molecule has 1 fully saturated rings. The average Bonchev–Trinajstić information content (AvgIpc) is 3.11. The molecule has 29 heavy (non-hydrogen) atoms. The highest BCUT2D eigenvalue weighted by atomic mass is 16.5. The maximum absolute atomic E-state index is 12.4. The van der Waals surface area contributed by atoms with E-state index in [1.807, 2.05) is 18.2 Å². The molecule has 2 aromatic carbocycles. The largest absolute Gasteiger partial charge is 0.465 e. The highest BCUT2D eigenvalue weighted by Gasteiger charge is 2.31. The first-order chi connectivity index (χ1) is 14.1. The van der Waals surface area contributed by atoms with E-state index >= 15 is 0 Å². The maximum Gasteiger partial charge on any atom is 0.337 e. The molecule has 1 aliphatic rings. The molecule has 0 radical (unpaired) electrons. The molecule has 0 spiro atoms. The minimum Gasteiger partial charge on any atom is -0.465 e. The number of nitrogens with one attached hydrogen (secondary N) is 1. The molecular formula is C24H30N2O3. The fraction of sp³-hybridized carbons (Fsp3) is 0.417. The molecule has 2 atom stereocenters. The molecule has 3 rings (SSSR count). The summed E-state index contributed by atoms with van der Waals surface area (Å²) >= 11 is 0. The van der Waals surface area contributed by atoms with E-state index in [9.17, 15) is 9.59 Å². The molecule has 154 valence electrons. The summed E-state index contributed by atoms with van der Waals surface area (Å²) in [5, 5.41) is 3.46. The SMILES string of the molecule is COC(=O)c1ccc(CNCCC2CCC(=O)N2CC(C)c2ccccc2)cc1. The molecule has 0 aliphatic carbocycles. The van der Waals surface area contributed by atoms with E-state index in [0.29, 0.717) is 23.9 Å². The first kappa shape index (κ1) is 21.1. The number of carbonyl (C=O) groups is 2. The van der Waals surface area contributed by atoms with Gasteiger partial charge >= 0.3 is 5.97 Å². The number of amides is 1. The second-order valence-corrected chi connectivity index (χ2v) is 7.70. The molecule has 0 aromatic heterocycles. The number of esters is 1. The predicted molar refractivity (Wildman–Crippen MR) is 114 cm³/mol. The van der Waals surface area contributed by atoms with Gasteiger partial charge in [0.25, 0.3) is 0 Å². The Kier molecular flexibility index (Phi) is 7.42. The Balaban J connectivity index is 1.45. The van der Waals surface area contributed by atoms with Crippen molar-refractivity contribution < 1.29 is 14.3 Å². The van der Waals surface area contributed by atoms with Gasteiger partial charge in [0.05, 0.1) is 12.7 Å². The van der Waals surface area contributed by atoms with Crippen LogP contribution in [0, 0.1) is 0 Å². The predicted octanol–water partition coefficient (Wildman–Crippen LogP) is 3.75. The third kappa shape index (κ3) is 5.67. The number of nitrogens with zero attached hydrogens (tertiary/aromatic N) is 1. The summed E-state index contributed by atoms with van der Waals surface area (Å²) in [5.74, 6) is 0.290. The zero-order valence-corrected chi connectivity index (χ0v) is 17.3. The van der Waals surface area contributed by atoms with Gasteiger partial charge in [-0.3, -0.25) is 4.79 Å². The number of likely N-dealkylation sites (tertiary alicyclic amines) is 1. The smallest absolute Gasteiger partial charge is 0.337 e. The van der Waals surface area contributed by atoms with Crippen LogP contribution < -0.4 is 5.32 Å². The second-order valence-electron chi connectivity index (χ2n) is 7.70. The zero-order chi connectivity index (χ0) is 20.6. The van der Waals surface area contributed by atoms with Crippen molar-refractivity contribution in [1.29, 1.82) is 0 Å². The lowest BCUT2D eigenvalue weighted by molar-refractivity contribution is -0.129. The molecule has 5 nitrogen and oxygen atoms in total. The third-order valence-corrected chi connectivity index (χ3v) is 5.65. The summed E-state index contributed by atoms with van der Waals surface area (Å²) in [5.41, 5.74) is 2.96. The van der Waals surface area contributed by atoms with E-state index in [1.54, 1.807) is 12.1 Å². The summed E-state index contributed by atoms with van der Waals surface area (Å²) in [4.78, 5) is 25.9. The van der Waals surface area contributed by atoms with Crippen molar-refractivity contribution in [2.75, 3.05) is 20.2 Å². The van der Waals surface area contributed by atoms with Crippen LogP contribution in [0.2, 0.25) is 0 Å². The maximum atomic E-state index is 12.4. The lowest BCUT2D eigenvalue weighted by Gasteiger charge is -2.28. The van der Waals surface area contributed by atoms with Crippen molar-refractivity contribution in [3.8, 4) is 0 Å². The standard InChI is InChI=1S/C24H30N2O3/c1-18(20-6-4-3-5-7-20)17-26-22(12-13-23(26)27)14-15-25-16-19-8-10-21(11-9-19)24(28)29-2/h3-11,18,22,25H,12-17H2,1-2H3. The Hall–Kier alpha value is -2.66. The molecule has 2 aromatic rings. The Morgan fingerprint density at radius 2 is 1.90 bits per heavy atom. The van der Waals surface area contributed by atoms with Crippen LogP contribution >= 0.6 is 0 Å². The number of ether oxygens (including phenoxy) is 1. The molecule has 1 saturated heterocycles. The quantitative estimate of drug-likeness (QED) is 0.520. The van der Waals surface area contributed by atoms with Gasteiger partial charge in [-0.15, -0.1) is 0 Å². The van der Waals surface area contributed by atoms with Crippen LogP contribution in [0.25, 0.3) is 0 Å². The summed E-state index contributed by atoms with van der Waals surface area (Å²) < 4.78 is 4.72. The third-order valence-electron chi connectivity index (χ3n) is 5.65. The number of benzene rings is 2. The van der Waals surface area contributed by atoms with E-state index in [1.165, 1.54) is 12.7 Å². The van der Waals surface area contributed by atoms with Crippen LogP contribution in [0.5, 0.6) is 0 Å². The first-order valence-electron chi connectivity index (χ1n) is 10.3. The van der Waals surface area contributed by atoms with E-state index in [2.05, 4.69) is 41.4 Å². The van der Waals surface area contributed by atoms with Gasteiger partial charge in [0.15, 0.2) is 0 Å². The molecule has 1 heterocycles. The van der Waals surface area contributed by atoms with Crippen LogP contribution in [0.15, 0.2) is 54.6 Å².